The molecule has 90 heavy (non-hydrogen) atoms. The molecule has 3 unspecified atom stereocenters. The summed E-state index contributed by atoms with van der Waals surface area (Å²) >= 11 is 0. The summed E-state index contributed by atoms with van der Waals surface area (Å²) in [4.78, 5) is 18.6. The van der Waals surface area contributed by atoms with Gasteiger partial charge in [0, 0.05) is 0 Å². The Kier molecular flexibility index (Phi) is 44.8. The zero-order valence-electron chi connectivity index (χ0n) is 52.1. The second-order valence-corrected chi connectivity index (χ2v) is 26.6. The molecule has 524 valence electrons. The summed E-state index contributed by atoms with van der Waals surface area (Å²) in [5.41, 5.74) is 0. The van der Waals surface area contributed by atoms with Crippen molar-refractivity contribution in [3.63, 3.8) is 0 Å². The van der Waals surface area contributed by atoms with E-state index in [9.17, 15) is 98.8 Å². The Hall–Kier alpha value is -3.45. The van der Waals surface area contributed by atoms with E-state index in [0.29, 0.717) is 32.5 Å². The molecule has 0 aliphatic heterocycles. The van der Waals surface area contributed by atoms with Gasteiger partial charge in [0.05, 0.1) is 26.4 Å². The third kappa shape index (κ3) is 29.9. The zero-order valence-corrected chi connectivity index (χ0v) is 54.7. The maximum Gasteiger partial charge on any atom is 0.370 e. The van der Waals surface area contributed by atoms with Crippen molar-refractivity contribution in [2.75, 3.05) is 26.4 Å². The summed E-state index contributed by atoms with van der Waals surface area (Å²) in [6, 6.07) is 0. The third-order valence-electron chi connectivity index (χ3n) is 13.3. The van der Waals surface area contributed by atoms with Crippen molar-refractivity contribution >= 4 is 22.8 Å². The number of hydrogen-bond donors (Lipinski definition) is 3. The number of rotatable bonds is 42. The minimum Gasteiger partial charge on any atom is -0.471 e. The molecule has 0 heterocycles. The van der Waals surface area contributed by atoms with Crippen LogP contribution in [0.15, 0.2) is 0 Å². The van der Waals surface area contributed by atoms with Crippen molar-refractivity contribution in [1.29, 1.82) is 0 Å². The van der Waals surface area contributed by atoms with Gasteiger partial charge < -0.3 is 42.5 Å². The third-order valence-corrected chi connectivity index (χ3v) is 18.9. The van der Waals surface area contributed by atoms with Gasteiger partial charge in [-0.25, -0.2) is 52.7 Å². The van der Waals surface area contributed by atoms with Crippen molar-refractivity contribution in [3.05, 3.63) is 93.1 Å². The molecular formula is C59H89F16O12P3. The lowest BCUT2D eigenvalue weighted by Gasteiger charge is -2.27. The zero-order chi connectivity index (χ0) is 68.8. The molecule has 0 spiro atoms. The Bertz CT molecular complexity index is 2500. The Balaban J connectivity index is 0.00000123. The van der Waals surface area contributed by atoms with Crippen LogP contribution in [-0.2, 0) is 31.8 Å². The SMILES string of the molecule is CCCCCCCCCCC(O)P(=O)(OCC)OCC.CCCCCCCCCCC(Oc1c(F)c(F)c(F)c(F)c1F)P(=O)(O)O.CCCCCCCCCCC(Oc1c(F)c(F)c(F)c(F)c1F)P(=O)(OCC)OCC.Fc1c(F)c(F)c(F)c(F)c1F. The van der Waals surface area contributed by atoms with Crippen LogP contribution in [0, 0.1) is 93.1 Å². The minimum absolute atomic E-state index is 0.00569. The summed E-state index contributed by atoms with van der Waals surface area (Å²) in [5, 5.41) is 9.99. The standard InChI is InChI=1S/C21H32F5O4P.C17H24F5O4P.C15H33O4P.C6F6/c1-4-7-8-9-10-11-12-13-14-15(31(27,28-5-2)29-6-3)30-21-19(25)17(23)16(22)18(24)20(21)26;1-2-3-4-5-6-7-8-9-10-11(27(23,24)25)26-17-15(21)13(19)12(18)14(20)16(17)22;1-4-7-8-9-10-11-12-13-14-15(16)20(17,18-5-2)19-6-3;7-1-2(8)4(10)6(12)5(11)3(1)9/h15H,4-14H2,1-3H3;11H,2-10H2,1H3,(H2,23,24,25);15-16H,4-14H2,1-3H3;. The average Bonchev–Trinajstić information content (AvgIpc) is 1.19. The topological polar surface area (TPSA) is 167 Å². The summed E-state index contributed by atoms with van der Waals surface area (Å²) in [6.45, 7) is 13.5. The number of aliphatic hydroxyl groups excluding tert-OH is 1. The lowest BCUT2D eigenvalue weighted by Crippen LogP contribution is -2.22. The van der Waals surface area contributed by atoms with Gasteiger partial charge in [0.2, 0.25) is 93.1 Å². The molecule has 3 aromatic rings. The van der Waals surface area contributed by atoms with Crippen LogP contribution < -0.4 is 9.47 Å². The van der Waals surface area contributed by atoms with Gasteiger partial charge in [0.15, 0.2) is 29.0 Å². The van der Waals surface area contributed by atoms with E-state index in [1.165, 1.54) is 58.8 Å². The van der Waals surface area contributed by atoms with Crippen LogP contribution in [0.25, 0.3) is 0 Å². The number of benzene rings is 3. The van der Waals surface area contributed by atoms with E-state index in [1.807, 2.05) is 0 Å². The fourth-order valence-corrected chi connectivity index (χ4v) is 12.7. The molecule has 12 nitrogen and oxygen atoms in total. The molecule has 3 aromatic carbocycles. The first-order chi connectivity index (χ1) is 42.4. The predicted molar refractivity (Wildman–Crippen MR) is 309 cm³/mol. The van der Waals surface area contributed by atoms with Crippen LogP contribution in [0.1, 0.15) is 222 Å². The smallest absolute Gasteiger partial charge is 0.370 e. The fraction of sp³-hybridized carbons (Fsp3) is 0.695. The van der Waals surface area contributed by atoms with E-state index in [-0.39, 0.29) is 32.5 Å². The van der Waals surface area contributed by atoms with Gasteiger partial charge >= 0.3 is 22.8 Å². The van der Waals surface area contributed by atoms with Crippen LogP contribution in [0.5, 0.6) is 11.5 Å². The van der Waals surface area contributed by atoms with E-state index < -0.39 is 145 Å². The number of aliphatic hydroxyl groups is 1. The maximum atomic E-state index is 14.1. The second kappa shape index (κ2) is 46.6. The Morgan fingerprint density at radius 3 is 0.733 bits per heavy atom. The quantitative estimate of drug-likeness (QED) is 0.0162. The number of unbranched alkanes of at least 4 members (excludes halogenated alkanes) is 21. The van der Waals surface area contributed by atoms with Crippen LogP contribution in [-0.4, -0.2) is 58.9 Å². The molecule has 3 N–H and O–H groups in total. The van der Waals surface area contributed by atoms with Crippen molar-refractivity contribution in [2.24, 2.45) is 0 Å². The number of hydrogen-bond acceptors (Lipinski definition) is 10. The van der Waals surface area contributed by atoms with Crippen LogP contribution in [0.2, 0.25) is 0 Å². The first kappa shape index (κ1) is 86.5. The highest BCUT2D eigenvalue weighted by molar-refractivity contribution is 7.54. The Morgan fingerprint density at radius 1 is 0.289 bits per heavy atom. The lowest BCUT2D eigenvalue weighted by molar-refractivity contribution is 0.142. The molecule has 0 aliphatic rings. The summed E-state index contributed by atoms with van der Waals surface area (Å²) in [6.07, 6.45) is 24.5. The first-order valence-electron chi connectivity index (χ1n) is 30.4. The van der Waals surface area contributed by atoms with Crippen molar-refractivity contribution < 1.29 is 126 Å². The number of halogens is 16. The molecule has 3 atom stereocenters. The van der Waals surface area contributed by atoms with Crippen molar-refractivity contribution in [3.8, 4) is 11.5 Å². The van der Waals surface area contributed by atoms with E-state index in [4.69, 9.17) is 22.8 Å². The van der Waals surface area contributed by atoms with Gasteiger partial charge in [-0.15, -0.1) is 0 Å². The van der Waals surface area contributed by atoms with Gasteiger partial charge in [-0.05, 0) is 59.8 Å². The highest BCUT2D eigenvalue weighted by Crippen LogP contribution is 2.56. The second-order valence-electron chi connectivity index (χ2n) is 20.4. The van der Waals surface area contributed by atoms with Crippen molar-refractivity contribution in [2.45, 2.75) is 239 Å². The molecular weight excluding hydrogens is 1300 g/mol. The van der Waals surface area contributed by atoms with E-state index in [2.05, 4.69) is 25.5 Å². The summed E-state index contributed by atoms with van der Waals surface area (Å²) < 4.78 is 275. The first-order valence-corrected chi connectivity index (χ1v) is 35.3. The number of ether oxygens (including phenoxy) is 2. The fourth-order valence-electron chi connectivity index (χ4n) is 8.46. The normalized spacial score (nSPS) is 12.8. The molecule has 0 saturated heterocycles. The van der Waals surface area contributed by atoms with Gasteiger partial charge in [0.25, 0.3) is 0 Å². The van der Waals surface area contributed by atoms with Crippen LogP contribution >= 0.6 is 22.8 Å². The largest absolute Gasteiger partial charge is 0.471 e. The Morgan fingerprint density at radius 2 is 0.489 bits per heavy atom. The van der Waals surface area contributed by atoms with E-state index in [1.54, 1.807) is 13.8 Å². The molecule has 3 rings (SSSR count). The Labute approximate surface area is 518 Å². The average molecular weight is 1390 g/mol. The van der Waals surface area contributed by atoms with Crippen LogP contribution in [0.3, 0.4) is 0 Å². The molecule has 0 amide bonds. The minimum atomic E-state index is -4.99. The van der Waals surface area contributed by atoms with Crippen molar-refractivity contribution in [1.82, 2.24) is 0 Å². The van der Waals surface area contributed by atoms with Gasteiger partial charge in [-0.3, -0.25) is 13.7 Å². The highest BCUT2D eigenvalue weighted by atomic mass is 31.2. The van der Waals surface area contributed by atoms with Gasteiger partial charge in [-0.2, -0.15) is 17.6 Å². The summed E-state index contributed by atoms with van der Waals surface area (Å²) in [5.74, 6) is -44.1. The molecule has 0 bridgehead atoms. The summed E-state index contributed by atoms with van der Waals surface area (Å²) in [7, 11) is -12.4. The lowest BCUT2D eigenvalue weighted by atomic mass is 10.1. The molecule has 0 radical (unpaired) electrons. The molecule has 0 fully saturated rings. The molecule has 0 saturated carbocycles. The molecule has 31 heteroatoms. The predicted octanol–water partition coefficient (Wildman–Crippen LogP) is 21.3. The van der Waals surface area contributed by atoms with E-state index >= 15 is 0 Å². The monoisotopic (exact) mass is 1390 g/mol. The molecule has 0 aliphatic carbocycles. The molecule has 0 aromatic heterocycles. The van der Waals surface area contributed by atoms with Gasteiger partial charge in [-0.1, -0.05) is 162 Å². The maximum absolute atomic E-state index is 14.1. The van der Waals surface area contributed by atoms with Crippen LogP contribution in [0.4, 0.5) is 70.2 Å². The van der Waals surface area contributed by atoms with Gasteiger partial charge in [0.1, 0.15) is 0 Å². The van der Waals surface area contributed by atoms with E-state index in [0.717, 1.165) is 89.9 Å². The highest BCUT2D eigenvalue weighted by Gasteiger charge is 2.41.